The Morgan fingerprint density at radius 1 is 1.29 bits per heavy atom. The molecule has 1 aliphatic rings. The van der Waals surface area contributed by atoms with E-state index >= 15 is 0 Å². The maximum Gasteiger partial charge on any atom is 0.239 e. The molecule has 0 unspecified atom stereocenters. The van der Waals surface area contributed by atoms with Gasteiger partial charge >= 0.3 is 0 Å². The first kappa shape index (κ1) is 16.0. The Labute approximate surface area is 139 Å². The van der Waals surface area contributed by atoms with E-state index in [1.165, 1.54) is 0 Å². The van der Waals surface area contributed by atoms with Crippen molar-refractivity contribution < 1.29 is 18.8 Å². The number of rotatable bonds is 7. The molecule has 2 aromatic rings. The fourth-order valence-corrected chi connectivity index (χ4v) is 2.22. The van der Waals surface area contributed by atoms with Gasteiger partial charge < -0.3 is 19.9 Å². The van der Waals surface area contributed by atoms with Gasteiger partial charge in [0.1, 0.15) is 5.75 Å². The van der Waals surface area contributed by atoms with Gasteiger partial charge in [-0.05, 0) is 25.0 Å². The quantitative estimate of drug-likeness (QED) is 0.798. The molecule has 1 aromatic heterocycles. The van der Waals surface area contributed by atoms with Crippen LogP contribution in [0.4, 0.5) is 0 Å². The van der Waals surface area contributed by atoms with Gasteiger partial charge in [0, 0.05) is 17.7 Å². The highest BCUT2D eigenvalue weighted by Crippen LogP contribution is 2.24. The van der Waals surface area contributed by atoms with E-state index in [1.807, 2.05) is 24.3 Å². The minimum atomic E-state index is -0.272. The number of amides is 2. The zero-order chi connectivity index (χ0) is 16.9. The normalized spacial score (nSPS) is 13.4. The Bertz CT molecular complexity index is 737. The van der Waals surface area contributed by atoms with E-state index in [4.69, 9.17) is 9.26 Å². The lowest BCUT2D eigenvalue weighted by Crippen LogP contribution is -2.38. The zero-order valence-electron chi connectivity index (χ0n) is 13.4. The molecule has 0 aliphatic heterocycles. The number of hydrogen-bond donors (Lipinski definition) is 2. The third-order valence-corrected chi connectivity index (χ3v) is 3.64. The first-order chi connectivity index (χ1) is 11.6. The average molecular weight is 329 g/mol. The van der Waals surface area contributed by atoms with Crippen molar-refractivity contribution >= 4 is 11.8 Å². The van der Waals surface area contributed by atoms with Gasteiger partial charge in [-0.25, -0.2) is 0 Å². The van der Waals surface area contributed by atoms with Crippen LogP contribution in [0.5, 0.6) is 5.75 Å². The molecule has 0 atom stereocenters. The second kappa shape index (κ2) is 7.16. The van der Waals surface area contributed by atoms with Crippen molar-refractivity contribution in [3.8, 4) is 17.1 Å². The Morgan fingerprint density at radius 2 is 2.12 bits per heavy atom. The lowest BCUT2D eigenvalue weighted by molar-refractivity contribution is -0.125. The number of nitrogens with zero attached hydrogens (tertiary/aromatic N) is 1. The van der Waals surface area contributed by atoms with Crippen LogP contribution in [0, 0.1) is 0 Å². The Morgan fingerprint density at radius 3 is 2.88 bits per heavy atom. The molecule has 2 amide bonds. The standard InChI is InChI=1S/C17H19N3O4/c1-23-14-4-2-3-11(7-14)15-8-13(20-24-15)9-16(21)18-10-17(22)19-12-5-6-12/h2-4,7-8,12H,5-6,9-10H2,1H3,(H,18,21)(H,19,22). The molecule has 0 radical (unpaired) electrons. The SMILES string of the molecule is COc1cccc(-c2cc(CC(=O)NCC(=O)NC3CC3)no2)c1. The van der Waals surface area contributed by atoms with Crippen LogP contribution in [-0.4, -0.2) is 36.7 Å². The topological polar surface area (TPSA) is 93.5 Å². The molecule has 2 N–H and O–H groups in total. The van der Waals surface area contributed by atoms with Crippen molar-refractivity contribution in [3.05, 3.63) is 36.0 Å². The molecule has 1 heterocycles. The maximum absolute atomic E-state index is 11.9. The van der Waals surface area contributed by atoms with E-state index in [-0.39, 0.29) is 30.8 Å². The Balaban J connectivity index is 1.53. The highest BCUT2D eigenvalue weighted by Gasteiger charge is 2.23. The molecule has 3 rings (SSSR count). The molecule has 1 aromatic carbocycles. The highest BCUT2D eigenvalue weighted by atomic mass is 16.5. The van der Waals surface area contributed by atoms with E-state index in [0.717, 1.165) is 18.4 Å². The van der Waals surface area contributed by atoms with Crippen LogP contribution >= 0.6 is 0 Å². The van der Waals surface area contributed by atoms with Crippen molar-refractivity contribution in [1.82, 2.24) is 15.8 Å². The van der Waals surface area contributed by atoms with E-state index in [9.17, 15) is 9.59 Å². The first-order valence-electron chi connectivity index (χ1n) is 7.80. The Hall–Kier alpha value is -2.83. The summed E-state index contributed by atoms with van der Waals surface area (Å²) < 4.78 is 10.4. The van der Waals surface area contributed by atoms with Crippen molar-refractivity contribution in [1.29, 1.82) is 0 Å². The zero-order valence-corrected chi connectivity index (χ0v) is 13.4. The van der Waals surface area contributed by atoms with Gasteiger partial charge in [0.15, 0.2) is 5.76 Å². The second-order valence-electron chi connectivity index (χ2n) is 5.71. The number of nitrogens with one attached hydrogen (secondary N) is 2. The molecule has 0 bridgehead atoms. The lowest BCUT2D eigenvalue weighted by Gasteiger charge is -2.04. The van der Waals surface area contributed by atoms with Crippen LogP contribution in [0.15, 0.2) is 34.9 Å². The van der Waals surface area contributed by atoms with Crippen LogP contribution in [0.1, 0.15) is 18.5 Å². The van der Waals surface area contributed by atoms with Crippen LogP contribution in [-0.2, 0) is 16.0 Å². The third kappa shape index (κ3) is 4.34. The van der Waals surface area contributed by atoms with Crippen molar-refractivity contribution in [2.45, 2.75) is 25.3 Å². The number of carbonyl (C=O) groups is 2. The summed E-state index contributed by atoms with van der Waals surface area (Å²) in [5.74, 6) is 0.836. The summed E-state index contributed by atoms with van der Waals surface area (Å²) in [6.07, 6.45) is 2.10. The number of benzene rings is 1. The van der Waals surface area contributed by atoms with Gasteiger partial charge in [0.2, 0.25) is 11.8 Å². The predicted molar refractivity (Wildman–Crippen MR) is 86.4 cm³/mol. The number of aromatic nitrogens is 1. The fourth-order valence-electron chi connectivity index (χ4n) is 2.22. The minimum absolute atomic E-state index is 0.0179. The molecule has 7 heteroatoms. The predicted octanol–water partition coefficient (Wildman–Crippen LogP) is 1.29. The number of hydrogen-bond acceptors (Lipinski definition) is 5. The highest BCUT2D eigenvalue weighted by molar-refractivity contribution is 5.85. The van der Waals surface area contributed by atoms with Gasteiger partial charge in [0.25, 0.3) is 0 Å². The van der Waals surface area contributed by atoms with Crippen molar-refractivity contribution in [3.63, 3.8) is 0 Å². The van der Waals surface area contributed by atoms with E-state index in [2.05, 4.69) is 15.8 Å². The summed E-state index contributed by atoms with van der Waals surface area (Å²) in [6.45, 7) is -0.0179. The van der Waals surface area contributed by atoms with E-state index < -0.39 is 0 Å². The monoisotopic (exact) mass is 329 g/mol. The first-order valence-corrected chi connectivity index (χ1v) is 7.80. The summed E-state index contributed by atoms with van der Waals surface area (Å²) in [4.78, 5) is 23.4. The van der Waals surface area contributed by atoms with E-state index in [1.54, 1.807) is 13.2 Å². The Kier molecular flexibility index (Phi) is 4.79. The second-order valence-corrected chi connectivity index (χ2v) is 5.71. The van der Waals surface area contributed by atoms with Gasteiger partial charge in [-0.2, -0.15) is 0 Å². The minimum Gasteiger partial charge on any atom is -0.497 e. The summed E-state index contributed by atoms with van der Waals surface area (Å²) in [7, 11) is 1.59. The van der Waals surface area contributed by atoms with Crippen molar-refractivity contribution in [2.24, 2.45) is 0 Å². The summed E-state index contributed by atoms with van der Waals surface area (Å²) in [6, 6.07) is 9.37. The maximum atomic E-state index is 11.9. The third-order valence-electron chi connectivity index (χ3n) is 3.64. The van der Waals surface area contributed by atoms with Crippen molar-refractivity contribution in [2.75, 3.05) is 13.7 Å². The van der Waals surface area contributed by atoms with Crippen LogP contribution in [0.2, 0.25) is 0 Å². The molecular formula is C17H19N3O4. The van der Waals surface area contributed by atoms with Gasteiger partial charge in [0.05, 0.1) is 25.8 Å². The molecule has 1 fully saturated rings. The summed E-state index contributed by atoms with van der Waals surface area (Å²) >= 11 is 0. The molecule has 0 saturated heterocycles. The summed E-state index contributed by atoms with van der Waals surface area (Å²) in [5.41, 5.74) is 1.32. The molecular weight excluding hydrogens is 310 g/mol. The fraction of sp³-hybridized carbons (Fsp3) is 0.353. The number of methoxy groups -OCH3 is 1. The van der Waals surface area contributed by atoms with Crippen LogP contribution in [0.3, 0.4) is 0 Å². The van der Waals surface area contributed by atoms with Crippen LogP contribution in [0.25, 0.3) is 11.3 Å². The molecule has 1 saturated carbocycles. The van der Waals surface area contributed by atoms with Gasteiger partial charge in [-0.3, -0.25) is 9.59 Å². The molecule has 24 heavy (non-hydrogen) atoms. The average Bonchev–Trinajstić information content (AvgIpc) is 3.28. The molecule has 126 valence electrons. The molecule has 7 nitrogen and oxygen atoms in total. The smallest absolute Gasteiger partial charge is 0.239 e. The lowest BCUT2D eigenvalue weighted by atomic mass is 10.1. The summed E-state index contributed by atoms with van der Waals surface area (Å²) in [5, 5.41) is 9.28. The molecule has 0 spiro atoms. The number of ether oxygens (including phenoxy) is 1. The number of carbonyl (C=O) groups excluding carboxylic acids is 2. The van der Waals surface area contributed by atoms with Gasteiger partial charge in [-0.15, -0.1) is 0 Å². The molecule has 1 aliphatic carbocycles. The van der Waals surface area contributed by atoms with Crippen LogP contribution < -0.4 is 15.4 Å². The van der Waals surface area contributed by atoms with E-state index in [0.29, 0.717) is 17.2 Å². The largest absolute Gasteiger partial charge is 0.497 e. The van der Waals surface area contributed by atoms with Gasteiger partial charge in [-0.1, -0.05) is 17.3 Å².